The number of aliphatic hydroxyl groups excluding tert-OH is 1. The van der Waals surface area contributed by atoms with Crippen LogP contribution in [0.3, 0.4) is 0 Å². The van der Waals surface area contributed by atoms with Crippen molar-refractivity contribution in [1.82, 2.24) is 4.90 Å². The van der Waals surface area contributed by atoms with E-state index in [2.05, 4.69) is 0 Å². The van der Waals surface area contributed by atoms with Crippen LogP contribution in [0, 0.1) is 0 Å². The second kappa shape index (κ2) is 5.79. The van der Waals surface area contributed by atoms with Crippen LogP contribution < -0.4 is 0 Å². The van der Waals surface area contributed by atoms with Crippen molar-refractivity contribution in [3.63, 3.8) is 0 Å². The molecule has 1 N–H and O–H groups in total. The number of rotatable bonds is 5. The molecule has 7 heteroatoms. The van der Waals surface area contributed by atoms with E-state index in [-0.39, 0.29) is 4.90 Å². The van der Waals surface area contributed by atoms with Gasteiger partial charge in [0.15, 0.2) is 0 Å². The van der Waals surface area contributed by atoms with Gasteiger partial charge in [0.2, 0.25) is 0 Å². The van der Waals surface area contributed by atoms with Crippen molar-refractivity contribution in [2.75, 3.05) is 13.1 Å². The maximum absolute atomic E-state index is 11.8. The lowest BCUT2D eigenvalue weighted by atomic mass is 10.3. The number of aliphatic hydroxyl groups is 1. The molecular weight excluding hydrogens is 206 g/mol. The molecule has 0 rings (SSSR count). The highest BCUT2D eigenvalue weighted by atomic mass is 19.3. The Hall–Kier alpha value is -0.850. The van der Waals surface area contributed by atoms with Crippen molar-refractivity contribution < 1.29 is 27.5 Å². The zero-order chi connectivity index (χ0) is 11.3. The fourth-order valence-electron chi connectivity index (χ4n) is 0.852. The average Bonchev–Trinajstić information content (AvgIpc) is 1.99. The normalized spacial score (nSPS) is 13.4. The Morgan fingerprint density at radius 1 is 1.21 bits per heavy atom. The standard InChI is InChI=1S/C7H11F4NO2/c1-4(13)7(14)12(2-5(8)9)3-6(10)11/h4-6,13H,2-3H2,1H3/t4-/m0/s1. The van der Waals surface area contributed by atoms with Crippen LogP contribution in [0.5, 0.6) is 0 Å². The molecule has 0 aromatic heterocycles. The number of carbonyl (C=O) groups excluding carboxylic acids is 1. The molecule has 0 spiro atoms. The number of alkyl halides is 4. The Balaban J connectivity index is 4.31. The summed E-state index contributed by atoms with van der Waals surface area (Å²) in [7, 11) is 0. The predicted molar refractivity (Wildman–Crippen MR) is 40.3 cm³/mol. The summed E-state index contributed by atoms with van der Waals surface area (Å²) in [6, 6.07) is 0. The summed E-state index contributed by atoms with van der Waals surface area (Å²) in [5.41, 5.74) is 0. The third kappa shape index (κ3) is 5.00. The molecular formula is C7H11F4NO2. The van der Waals surface area contributed by atoms with Crippen LogP contribution >= 0.6 is 0 Å². The second-order valence-corrected chi connectivity index (χ2v) is 2.70. The predicted octanol–water partition coefficient (Wildman–Crippen LogP) is 0.726. The van der Waals surface area contributed by atoms with Gasteiger partial charge in [-0.1, -0.05) is 0 Å². The number of halogens is 4. The van der Waals surface area contributed by atoms with Crippen LogP contribution in [0.4, 0.5) is 17.6 Å². The van der Waals surface area contributed by atoms with Gasteiger partial charge in [-0.25, -0.2) is 17.6 Å². The van der Waals surface area contributed by atoms with E-state index in [1.807, 2.05) is 0 Å². The molecule has 0 radical (unpaired) electrons. The molecule has 0 aromatic carbocycles. The van der Waals surface area contributed by atoms with Crippen molar-refractivity contribution in [1.29, 1.82) is 0 Å². The highest BCUT2D eigenvalue weighted by molar-refractivity contribution is 5.80. The maximum atomic E-state index is 11.8. The number of amides is 1. The third-order valence-electron chi connectivity index (χ3n) is 1.39. The summed E-state index contributed by atoms with van der Waals surface area (Å²) in [5, 5.41) is 8.74. The summed E-state index contributed by atoms with van der Waals surface area (Å²) < 4.78 is 47.4. The van der Waals surface area contributed by atoms with Gasteiger partial charge in [-0.05, 0) is 6.92 Å². The molecule has 0 aliphatic rings. The van der Waals surface area contributed by atoms with E-state index in [0.29, 0.717) is 0 Å². The summed E-state index contributed by atoms with van der Waals surface area (Å²) in [6.07, 6.45) is -7.33. The maximum Gasteiger partial charge on any atom is 0.255 e. The molecule has 1 amide bonds. The first-order valence-corrected chi connectivity index (χ1v) is 3.87. The number of nitrogens with zero attached hydrogens (tertiary/aromatic N) is 1. The molecule has 14 heavy (non-hydrogen) atoms. The monoisotopic (exact) mass is 217 g/mol. The molecule has 0 aliphatic heterocycles. The molecule has 0 bridgehead atoms. The molecule has 0 fully saturated rings. The SMILES string of the molecule is C[C@H](O)C(=O)N(CC(F)F)CC(F)F. The van der Waals surface area contributed by atoms with Gasteiger partial charge in [0.1, 0.15) is 6.10 Å². The minimum Gasteiger partial charge on any atom is -0.384 e. The summed E-state index contributed by atoms with van der Waals surface area (Å²) in [5.74, 6) is -1.12. The van der Waals surface area contributed by atoms with Crippen molar-refractivity contribution in [2.45, 2.75) is 25.9 Å². The molecule has 84 valence electrons. The smallest absolute Gasteiger partial charge is 0.255 e. The minimum atomic E-state index is -2.89. The van der Waals surface area contributed by atoms with Gasteiger partial charge < -0.3 is 10.0 Å². The molecule has 0 unspecified atom stereocenters. The molecule has 0 aliphatic carbocycles. The van der Waals surface area contributed by atoms with Crippen molar-refractivity contribution in [3.05, 3.63) is 0 Å². The molecule has 0 aromatic rings. The van der Waals surface area contributed by atoms with E-state index in [4.69, 9.17) is 5.11 Å². The van der Waals surface area contributed by atoms with Crippen LogP contribution in [0.1, 0.15) is 6.92 Å². The van der Waals surface area contributed by atoms with E-state index in [0.717, 1.165) is 6.92 Å². The topological polar surface area (TPSA) is 40.5 Å². The van der Waals surface area contributed by atoms with Crippen LogP contribution in [-0.4, -0.2) is 48.0 Å². The number of hydrogen-bond donors (Lipinski definition) is 1. The van der Waals surface area contributed by atoms with Crippen molar-refractivity contribution in [2.24, 2.45) is 0 Å². The van der Waals surface area contributed by atoms with Gasteiger partial charge in [-0.15, -0.1) is 0 Å². The fourth-order valence-corrected chi connectivity index (χ4v) is 0.852. The van der Waals surface area contributed by atoms with E-state index >= 15 is 0 Å². The zero-order valence-corrected chi connectivity index (χ0v) is 7.46. The van der Waals surface area contributed by atoms with E-state index in [1.54, 1.807) is 0 Å². The van der Waals surface area contributed by atoms with Crippen LogP contribution in [-0.2, 0) is 4.79 Å². The third-order valence-corrected chi connectivity index (χ3v) is 1.39. The van der Waals surface area contributed by atoms with Crippen LogP contribution in [0.2, 0.25) is 0 Å². The first kappa shape index (κ1) is 13.2. The van der Waals surface area contributed by atoms with Crippen LogP contribution in [0.25, 0.3) is 0 Å². The number of carbonyl (C=O) groups is 1. The lowest BCUT2D eigenvalue weighted by Gasteiger charge is -2.22. The Bertz CT molecular complexity index is 177. The highest BCUT2D eigenvalue weighted by Crippen LogP contribution is 2.05. The summed E-state index contributed by atoms with van der Waals surface area (Å²) in [4.78, 5) is 11.2. The first-order chi connectivity index (χ1) is 6.34. The molecule has 3 nitrogen and oxygen atoms in total. The minimum absolute atomic E-state index is 0.250. The molecule has 0 saturated heterocycles. The molecule has 0 heterocycles. The van der Waals surface area contributed by atoms with Crippen molar-refractivity contribution in [3.8, 4) is 0 Å². The fraction of sp³-hybridized carbons (Fsp3) is 0.857. The largest absolute Gasteiger partial charge is 0.384 e. The van der Waals surface area contributed by atoms with Gasteiger partial charge in [0.05, 0.1) is 13.1 Å². The van der Waals surface area contributed by atoms with Gasteiger partial charge in [0.25, 0.3) is 18.8 Å². The van der Waals surface area contributed by atoms with Gasteiger partial charge in [0, 0.05) is 0 Å². The van der Waals surface area contributed by atoms with E-state index in [9.17, 15) is 22.4 Å². The average molecular weight is 217 g/mol. The quantitative estimate of drug-likeness (QED) is 0.689. The number of hydrogen-bond acceptors (Lipinski definition) is 2. The van der Waals surface area contributed by atoms with Crippen LogP contribution in [0.15, 0.2) is 0 Å². The van der Waals surface area contributed by atoms with Gasteiger partial charge in [-0.2, -0.15) is 0 Å². The Morgan fingerprint density at radius 3 is 1.79 bits per heavy atom. The lowest BCUT2D eigenvalue weighted by Crippen LogP contribution is -2.43. The highest BCUT2D eigenvalue weighted by Gasteiger charge is 2.24. The second-order valence-electron chi connectivity index (χ2n) is 2.70. The Labute approximate surface area is 78.3 Å². The Kier molecular flexibility index (Phi) is 5.44. The lowest BCUT2D eigenvalue weighted by molar-refractivity contribution is -0.143. The zero-order valence-electron chi connectivity index (χ0n) is 7.46. The molecule has 1 atom stereocenters. The van der Waals surface area contributed by atoms with E-state index < -0.39 is 38.0 Å². The van der Waals surface area contributed by atoms with Gasteiger partial charge in [-0.3, -0.25) is 4.79 Å². The van der Waals surface area contributed by atoms with E-state index in [1.165, 1.54) is 0 Å². The summed E-state index contributed by atoms with van der Waals surface area (Å²) >= 11 is 0. The first-order valence-electron chi connectivity index (χ1n) is 3.87. The summed E-state index contributed by atoms with van der Waals surface area (Å²) in [6.45, 7) is -1.14. The van der Waals surface area contributed by atoms with Crippen molar-refractivity contribution >= 4 is 5.91 Å². The Morgan fingerprint density at radius 2 is 1.57 bits per heavy atom. The molecule has 0 saturated carbocycles. The van der Waals surface area contributed by atoms with Gasteiger partial charge >= 0.3 is 0 Å².